The Labute approximate surface area is 169 Å². The quantitative estimate of drug-likeness (QED) is 0.501. The van der Waals surface area contributed by atoms with Crippen molar-refractivity contribution in [2.24, 2.45) is 0 Å². The van der Waals surface area contributed by atoms with Crippen LogP contribution in [0.3, 0.4) is 0 Å². The summed E-state index contributed by atoms with van der Waals surface area (Å²) in [5.74, 6) is 1.25. The van der Waals surface area contributed by atoms with Gasteiger partial charge in [0.1, 0.15) is 18.1 Å². The van der Waals surface area contributed by atoms with Crippen LogP contribution in [0.15, 0.2) is 48.7 Å². The van der Waals surface area contributed by atoms with Crippen LogP contribution in [0.25, 0.3) is 11.0 Å². The van der Waals surface area contributed by atoms with E-state index in [0.717, 1.165) is 5.39 Å². The highest BCUT2D eigenvalue weighted by Gasteiger charge is 2.12. The van der Waals surface area contributed by atoms with Crippen LogP contribution in [-0.2, 0) is 6.61 Å². The van der Waals surface area contributed by atoms with Gasteiger partial charge in [0.2, 0.25) is 0 Å². The summed E-state index contributed by atoms with van der Waals surface area (Å²) in [5, 5.41) is 25.6. The van der Waals surface area contributed by atoms with Gasteiger partial charge < -0.3 is 9.47 Å². The Hall–Kier alpha value is -3.34. The van der Waals surface area contributed by atoms with Crippen molar-refractivity contribution in [2.75, 3.05) is 0 Å². The molecule has 4 rings (SSSR count). The molecule has 0 bridgehead atoms. The summed E-state index contributed by atoms with van der Waals surface area (Å²) in [6.07, 6.45) is 1.59. The molecule has 0 aliphatic rings. The minimum atomic E-state index is 0.183. The van der Waals surface area contributed by atoms with Crippen LogP contribution in [0.1, 0.15) is 11.3 Å². The fourth-order valence-electron chi connectivity index (χ4n) is 2.58. The Morgan fingerprint density at radius 1 is 1.04 bits per heavy atom. The molecule has 0 amide bonds. The minimum Gasteiger partial charge on any atom is -0.483 e. The third kappa shape index (κ3) is 3.83. The van der Waals surface area contributed by atoms with Crippen LogP contribution in [-0.4, -0.2) is 20.4 Å². The van der Waals surface area contributed by atoms with Crippen molar-refractivity contribution in [1.82, 2.24) is 20.4 Å². The molecule has 9 heteroatoms. The van der Waals surface area contributed by atoms with Crippen LogP contribution in [0, 0.1) is 11.3 Å². The van der Waals surface area contributed by atoms with Gasteiger partial charge in [-0.05, 0) is 36.4 Å². The van der Waals surface area contributed by atoms with Gasteiger partial charge in [0, 0.05) is 21.5 Å². The number of halogens is 2. The first kappa shape index (κ1) is 18.0. The number of benzene rings is 2. The van der Waals surface area contributed by atoms with E-state index in [1.807, 2.05) is 6.07 Å². The number of aromatic nitrogens is 4. The summed E-state index contributed by atoms with van der Waals surface area (Å²) >= 11 is 12.1. The molecule has 0 saturated heterocycles. The lowest BCUT2D eigenvalue weighted by atomic mass is 10.2. The van der Waals surface area contributed by atoms with E-state index in [4.69, 9.17) is 37.9 Å². The monoisotopic (exact) mass is 411 g/mol. The van der Waals surface area contributed by atoms with Crippen LogP contribution < -0.4 is 9.47 Å². The van der Waals surface area contributed by atoms with Crippen LogP contribution in [0.2, 0.25) is 10.0 Å². The Balaban J connectivity index is 1.60. The number of rotatable bonds is 5. The van der Waals surface area contributed by atoms with Crippen molar-refractivity contribution in [3.63, 3.8) is 0 Å². The van der Waals surface area contributed by atoms with Gasteiger partial charge in [-0.25, -0.2) is 0 Å². The van der Waals surface area contributed by atoms with Crippen molar-refractivity contribution >= 4 is 34.2 Å². The third-order valence-electron chi connectivity index (χ3n) is 3.83. The lowest BCUT2D eigenvalue weighted by molar-refractivity contribution is 0.288. The number of aromatic amines is 1. The highest BCUT2D eigenvalue weighted by Crippen LogP contribution is 2.36. The fraction of sp³-hybridized carbons (Fsp3) is 0.0526. The molecule has 0 aliphatic carbocycles. The van der Waals surface area contributed by atoms with Crippen molar-refractivity contribution in [2.45, 2.75) is 6.61 Å². The summed E-state index contributed by atoms with van der Waals surface area (Å²) in [6.45, 7) is 0.183. The Bertz CT molecular complexity index is 1200. The number of nitrogens with one attached hydrogen (secondary N) is 1. The molecular weight excluding hydrogens is 401 g/mol. The molecule has 0 saturated carbocycles. The smallest absolute Gasteiger partial charge is 0.178 e. The molecule has 1 N–H and O–H groups in total. The highest BCUT2D eigenvalue weighted by molar-refractivity contribution is 6.31. The zero-order valence-electron chi connectivity index (χ0n) is 14.2. The highest BCUT2D eigenvalue weighted by atomic mass is 35.5. The molecule has 0 atom stereocenters. The summed E-state index contributed by atoms with van der Waals surface area (Å²) in [5.41, 5.74) is 1.65. The van der Waals surface area contributed by atoms with Crippen molar-refractivity contribution in [1.29, 1.82) is 5.26 Å². The number of fused-ring (bicyclic) bond motifs is 1. The number of H-pyrrole nitrogens is 1. The first-order valence-electron chi connectivity index (χ1n) is 8.08. The Kier molecular flexibility index (Phi) is 4.98. The Morgan fingerprint density at radius 3 is 2.79 bits per heavy atom. The Morgan fingerprint density at radius 2 is 1.93 bits per heavy atom. The van der Waals surface area contributed by atoms with Gasteiger partial charge in [-0.2, -0.15) is 15.5 Å². The number of nitriles is 1. The van der Waals surface area contributed by atoms with Gasteiger partial charge in [0.25, 0.3) is 0 Å². The largest absolute Gasteiger partial charge is 0.483 e. The van der Waals surface area contributed by atoms with E-state index >= 15 is 0 Å². The number of ether oxygens (including phenoxy) is 2. The van der Waals surface area contributed by atoms with E-state index in [2.05, 4.69) is 20.4 Å². The number of nitrogens with zero attached hydrogens (tertiary/aromatic N) is 4. The van der Waals surface area contributed by atoms with Crippen LogP contribution in [0.5, 0.6) is 17.2 Å². The third-order valence-corrected chi connectivity index (χ3v) is 4.28. The standard InChI is InChI=1S/C19H11Cl2N5O2/c20-12-1-2-17(27-10-16-15-3-4-23-25-19(15)26-24-16)18(8-12)28-14-6-11(9-22)5-13(21)7-14/h1-8H,10H2,(H,24,25,26). The van der Waals surface area contributed by atoms with E-state index in [9.17, 15) is 0 Å². The lowest BCUT2D eigenvalue weighted by Crippen LogP contribution is -1.99. The van der Waals surface area contributed by atoms with Gasteiger partial charge >= 0.3 is 0 Å². The maximum Gasteiger partial charge on any atom is 0.178 e. The second-order valence-corrected chi connectivity index (χ2v) is 6.61. The first-order valence-corrected chi connectivity index (χ1v) is 8.83. The predicted octanol–water partition coefficient (Wildman–Crippen LogP) is 4.90. The average molecular weight is 412 g/mol. The predicted molar refractivity (Wildman–Crippen MR) is 104 cm³/mol. The van der Waals surface area contributed by atoms with E-state index in [1.165, 1.54) is 0 Å². The van der Waals surface area contributed by atoms with Crippen molar-refractivity contribution < 1.29 is 9.47 Å². The van der Waals surface area contributed by atoms with Gasteiger partial charge in [0.05, 0.1) is 17.8 Å². The van der Waals surface area contributed by atoms with Crippen molar-refractivity contribution in [3.8, 4) is 23.3 Å². The first-order chi connectivity index (χ1) is 13.6. The zero-order chi connectivity index (χ0) is 19.5. The molecule has 0 spiro atoms. The van der Waals surface area contributed by atoms with Gasteiger partial charge in [-0.15, -0.1) is 5.10 Å². The molecule has 28 heavy (non-hydrogen) atoms. The lowest BCUT2D eigenvalue weighted by Gasteiger charge is -2.13. The van der Waals surface area contributed by atoms with Crippen molar-refractivity contribution in [3.05, 3.63) is 70.0 Å². The maximum absolute atomic E-state index is 9.10. The molecule has 2 aromatic carbocycles. The molecular formula is C19H11Cl2N5O2. The average Bonchev–Trinajstić information content (AvgIpc) is 3.10. The summed E-state index contributed by atoms with van der Waals surface area (Å²) in [6, 6.07) is 13.6. The maximum atomic E-state index is 9.10. The summed E-state index contributed by atoms with van der Waals surface area (Å²) < 4.78 is 11.8. The molecule has 2 aromatic heterocycles. The SMILES string of the molecule is N#Cc1cc(Cl)cc(Oc2cc(Cl)ccc2OCc2n[nH]c3nnccc23)c1. The second kappa shape index (κ2) is 7.72. The van der Waals surface area contributed by atoms with E-state index in [1.54, 1.807) is 48.7 Å². The molecule has 0 fully saturated rings. The topological polar surface area (TPSA) is 96.7 Å². The van der Waals surface area contributed by atoms with Gasteiger partial charge in [0.15, 0.2) is 17.1 Å². The minimum absolute atomic E-state index is 0.183. The van der Waals surface area contributed by atoms with Gasteiger partial charge in [-0.1, -0.05) is 23.2 Å². The molecule has 0 radical (unpaired) electrons. The second-order valence-electron chi connectivity index (χ2n) is 5.73. The van der Waals surface area contributed by atoms with E-state index in [-0.39, 0.29) is 6.61 Å². The zero-order valence-corrected chi connectivity index (χ0v) is 15.7. The van der Waals surface area contributed by atoms with Crippen LogP contribution in [0.4, 0.5) is 0 Å². The fourth-order valence-corrected chi connectivity index (χ4v) is 2.97. The van der Waals surface area contributed by atoms with Gasteiger partial charge in [-0.3, -0.25) is 5.10 Å². The molecule has 4 aromatic rings. The molecule has 2 heterocycles. The van der Waals surface area contributed by atoms with E-state index in [0.29, 0.717) is 44.2 Å². The van der Waals surface area contributed by atoms with E-state index < -0.39 is 0 Å². The van der Waals surface area contributed by atoms with Crippen LogP contribution >= 0.6 is 23.2 Å². The number of hydrogen-bond acceptors (Lipinski definition) is 6. The molecule has 7 nitrogen and oxygen atoms in total. The molecule has 0 aliphatic heterocycles. The number of hydrogen-bond donors (Lipinski definition) is 1. The normalized spacial score (nSPS) is 10.6. The summed E-state index contributed by atoms with van der Waals surface area (Å²) in [4.78, 5) is 0. The molecule has 0 unspecified atom stereocenters. The molecule has 138 valence electrons. The summed E-state index contributed by atoms with van der Waals surface area (Å²) in [7, 11) is 0.